The van der Waals surface area contributed by atoms with E-state index in [2.05, 4.69) is 69.1 Å². The summed E-state index contributed by atoms with van der Waals surface area (Å²) in [6.07, 6.45) is 1.98. The maximum absolute atomic E-state index is 14.4. The number of nitrogens with one attached hydrogen (secondary N) is 13. The van der Waals surface area contributed by atoms with E-state index in [4.69, 9.17) is 42.3 Å². The van der Waals surface area contributed by atoms with Crippen molar-refractivity contribution in [3.63, 3.8) is 0 Å². The minimum atomic E-state index is -1.56. The summed E-state index contributed by atoms with van der Waals surface area (Å²) in [5, 5.41) is 78.1. The van der Waals surface area contributed by atoms with Crippen LogP contribution in [0.3, 0.4) is 0 Å². The molecule has 6 aromatic carbocycles. The number of nitrogens with zero attached hydrogens (tertiary/aromatic N) is 5. The average molecular weight is 1800 g/mol. The van der Waals surface area contributed by atoms with Gasteiger partial charge >= 0.3 is 11.9 Å². The smallest absolute Gasteiger partial charge is 0.336 e. The molecule has 0 unspecified atom stereocenters. The van der Waals surface area contributed by atoms with Gasteiger partial charge in [-0.2, -0.15) is 15.0 Å². The van der Waals surface area contributed by atoms with Crippen LogP contribution in [0.25, 0.3) is 33.4 Å². The first kappa shape index (κ1) is 92.9. The number of piperidine rings is 2. The standard InChI is InChI=1S/C89H98N22O20/c90-27-3-1-5-64-82(125)104-67-33-47(76(92)119)7-9-49(67)40-94-62-19-12-51(36-60(62)80(123)101-66(84(127)102-64)21-22-74(117)118)98-72(115)42-96-78(121)45-23-29-110(30-24-45)88-107-87(100-53-11-16-56(59(35-53)86(129)130)75-57-17-14-54(113)38-70(57)131-71-39-55(114)15-18-58(71)75)108-89(109-88)111-31-25-46(26-32-111)79(122)97-43-73(116)99-52-13-20-63-61(37-52)81(124)106-69(44-112)85(128)103-65(6-2-4-28-91)83(126)105-68-34-48(77(93)120)8-10-50(68)41-95-63/h7-20,33-39,45-46,64-66,69,94-95,112-113H,1-6,21-32,40-44,90-91H2,(H2,92,119)(H2,93,120)(H,96,121)(H,97,122)(H,98,115)(H,99,116)(H,101,123)(H,102,127)(H,103,128)(H,104,125)(H,105,126)(H,106,124)(H,117,118)(H,129,130)(H,100,107,108,109)/t64-,65-,66-,69-/m0/s1. The molecule has 4 atom stereocenters. The van der Waals surface area contributed by atoms with Crippen molar-refractivity contribution in [3.8, 4) is 28.2 Å². The van der Waals surface area contributed by atoms with Gasteiger partial charge < -0.3 is 127 Å². The van der Waals surface area contributed by atoms with Gasteiger partial charge in [0.1, 0.15) is 41.3 Å². The summed E-state index contributed by atoms with van der Waals surface area (Å²) in [5.74, 6) is -12.4. The molecule has 1 aliphatic carbocycles. The summed E-state index contributed by atoms with van der Waals surface area (Å²) < 4.78 is 6.04. The van der Waals surface area contributed by atoms with E-state index in [-0.39, 0.29) is 198 Å². The number of phenolic OH excluding ortho intramolecular Hbond substituents is 1. The summed E-state index contributed by atoms with van der Waals surface area (Å²) in [6.45, 7) is -0.675. The van der Waals surface area contributed by atoms with Crippen molar-refractivity contribution < 1.29 is 92.0 Å². The Morgan fingerprint density at radius 2 is 0.977 bits per heavy atom. The molecule has 12 amide bonds. The van der Waals surface area contributed by atoms with Crippen molar-refractivity contribution in [2.24, 2.45) is 34.8 Å². The zero-order valence-corrected chi connectivity index (χ0v) is 70.7. The van der Waals surface area contributed by atoms with Gasteiger partial charge in [0.15, 0.2) is 5.43 Å². The van der Waals surface area contributed by atoms with Crippen molar-refractivity contribution in [1.82, 2.24) is 46.9 Å². The lowest BCUT2D eigenvalue weighted by Gasteiger charge is -2.34. The first-order chi connectivity index (χ1) is 63.0. The first-order valence-corrected chi connectivity index (χ1v) is 42.4. The second-order valence-electron chi connectivity index (χ2n) is 31.9. The molecule has 2 saturated heterocycles. The molecule has 0 radical (unpaired) electrons. The van der Waals surface area contributed by atoms with Crippen molar-refractivity contribution >= 4 is 151 Å². The van der Waals surface area contributed by atoms with Crippen molar-refractivity contribution in [2.45, 2.75) is 114 Å². The number of aliphatic hydroxyl groups excluding tert-OH is 1. The number of carboxylic acids is 2. The van der Waals surface area contributed by atoms with E-state index in [9.17, 15) is 92.3 Å². The molecular weight excluding hydrogens is 1700 g/mol. The van der Waals surface area contributed by atoms with Crippen molar-refractivity contribution in [1.29, 1.82) is 0 Å². The number of phenols is 1. The number of aliphatic hydroxyl groups is 1. The number of aromatic nitrogens is 3. The number of fused-ring (bicyclic) bond motifs is 6. The molecule has 13 rings (SSSR count). The lowest BCUT2D eigenvalue weighted by Crippen LogP contribution is -2.54. The Bertz CT molecular complexity index is 5980. The highest BCUT2D eigenvalue weighted by molar-refractivity contribution is 6.10. The summed E-state index contributed by atoms with van der Waals surface area (Å²) in [7, 11) is 0. The number of carbonyl (C=O) groups excluding carboxylic acids is 12. The fourth-order valence-electron chi connectivity index (χ4n) is 15.7. The number of aromatic carboxylic acids is 1. The predicted octanol–water partition coefficient (Wildman–Crippen LogP) is 3.45. The molecule has 42 nitrogen and oxygen atoms in total. The van der Waals surface area contributed by atoms with Crippen LogP contribution in [0, 0.1) is 11.8 Å². The minimum Gasteiger partial charge on any atom is -0.508 e. The normalized spacial score (nSPS) is 17.1. The Labute approximate surface area is 746 Å². The monoisotopic (exact) mass is 1790 g/mol. The highest BCUT2D eigenvalue weighted by Gasteiger charge is 2.36. The molecule has 684 valence electrons. The van der Waals surface area contributed by atoms with E-state index in [0.29, 0.717) is 59.9 Å². The third-order valence-corrected chi connectivity index (χ3v) is 22.8. The summed E-state index contributed by atoms with van der Waals surface area (Å²) in [4.78, 5) is 220. The van der Waals surface area contributed by atoms with E-state index in [1.54, 1.807) is 30.3 Å². The summed E-state index contributed by atoms with van der Waals surface area (Å²) in [5.41, 5.74) is 25.2. The second kappa shape index (κ2) is 42.3. The molecule has 6 heterocycles. The Morgan fingerprint density at radius 1 is 0.489 bits per heavy atom. The van der Waals surface area contributed by atoms with E-state index < -0.39 is 151 Å². The van der Waals surface area contributed by atoms with Gasteiger partial charge in [-0.05, 0) is 197 Å². The third-order valence-electron chi connectivity index (χ3n) is 22.8. The molecule has 131 heavy (non-hydrogen) atoms. The Hall–Kier alpha value is -15.7. The average Bonchev–Trinajstić information content (AvgIpc) is 0.741. The first-order valence-electron chi connectivity index (χ1n) is 42.4. The van der Waals surface area contributed by atoms with Crippen LogP contribution in [0.5, 0.6) is 5.75 Å². The summed E-state index contributed by atoms with van der Waals surface area (Å²) in [6, 6.07) is 24.8. The molecule has 2 fully saturated rings. The number of primary amides is 2. The zero-order chi connectivity index (χ0) is 93.3. The molecule has 1 aromatic heterocycles. The van der Waals surface area contributed by atoms with Crippen LogP contribution in [-0.2, 0) is 56.2 Å². The molecule has 6 aliphatic rings. The highest BCUT2D eigenvalue weighted by Crippen LogP contribution is 2.43. The Kier molecular flexibility index (Phi) is 30.0. The second-order valence-corrected chi connectivity index (χ2v) is 31.9. The Morgan fingerprint density at radius 3 is 1.47 bits per heavy atom. The van der Waals surface area contributed by atoms with Gasteiger partial charge in [-0.15, -0.1) is 0 Å². The molecule has 7 aromatic rings. The molecule has 5 aliphatic heterocycles. The molecule has 25 N–H and O–H groups in total. The van der Waals surface area contributed by atoms with E-state index >= 15 is 0 Å². The number of hydrogen-bond donors (Lipinski definition) is 21. The summed E-state index contributed by atoms with van der Waals surface area (Å²) >= 11 is 0. The van der Waals surface area contributed by atoms with Gasteiger partial charge in [-0.1, -0.05) is 18.2 Å². The highest BCUT2D eigenvalue weighted by atomic mass is 16.4. The lowest BCUT2D eigenvalue weighted by molar-refractivity contribution is -0.137. The van der Waals surface area contributed by atoms with Crippen LogP contribution in [-0.4, -0.2) is 201 Å². The van der Waals surface area contributed by atoms with Crippen LogP contribution in [0.15, 0.2) is 137 Å². The fourth-order valence-corrected chi connectivity index (χ4v) is 15.7. The molecule has 0 saturated carbocycles. The zero-order valence-electron chi connectivity index (χ0n) is 70.7. The van der Waals surface area contributed by atoms with Gasteiger partial charge in [-0.25, -0.2) is 4.79 Å². The van der Waals surface area contributed by atoms with Gasteiger partial charge in [0.05, 0.1) is 36.4 Å². The van der Waals surface area contributed by atoms with Gasteiger partial charge in [-0.3, -0.25) is 67.1 Å². The van der Waals surface area contributed by atoms with E-state index in [0.717, 1.165) is 0 Å². The fraction of sp³-hybridized carbons (Fsp3) is 0.326. The molecule has 0 spiro atoms. The number of hydrogen-bond acceptors (Lipinski definition) is 28. The quantitative estimate of drug-likeness (QED) is 0.0247. The number of benzene rings is 7. The van der Waals surface area contributed by atoms with Gasteiger partial charge in [0, 0.05) is 137 Å². The number of aromatic hydroxyl groups is 1. The number of nitrogens with two attached hydrogens (primary N) is 4. The van der Waals surface area contributed by atoms with Gasteiger partial charge in [0.25, 0.3) is 11.8 Å². The number of anilines is 10. The number of carboxylic acid groups (broad SMARTS) is 2. The van der Waals surface area contributed by atoms with E-state index in [1.165, 1.54) is 97.1 Å². The van der Waals surface area contributed by atoms with Crippen LogP contribution in [0.1, 0.15) is 140 Å². The van der Waals surface area contributed by atoms with Crippen LogP contribution in [0.4, 0.5) is 57.7 Å². The van der Waals surface area contributed by atoms with Crippen molar-refractivity contribution in [2.75, 3.05) is 106 Å². The van der Waals surface area contributed by atoms with Crippen LogP contribution >= 0.6 is 0 Å². The predicted molar refractivity (Wildman–Crippen MR) is 480 cm³/mol. The number of amides is 12. The number of rotatable bonds is 28. The van der Waals surface area contributed by atoms with Crippen LogP contribution in [0.2, 0.25) is 0 Å². The minimum absolute atomic E-state index is 0.0364. The number of aliphatic carboxylic acids is 1. The largest absolute Gasteiger partial charge is 0.508 e. The molecule has 0 bridgehead atoms. The number of carbonyl (C=O) groups is 14. The third kappa shape index (κ3) is 23.4. The van der Waals surface area contributed by atoms with Gasteiger partial charge in [0.2, 0.25) is 76.9 Å². The Balaban J connectivity index is 0.692. The maximum Gasteiger partial charge on any atom is 0.336 e. The van der Waals surface area contributed by atoms with Crippen molar-refractivity contribution in [3.05, 3.63) is 177 Å². The SMILES string of the molecule is NCCCC[C@@H]1NC(=O)[C@H](CO)NC(=O)c2cc(NC(=O)CNC(=O)C3CCN(c4nc(Nc5ccc(-c6c7ccc(=O)cc-7oc7cc(O)ccc67)c(C(=O)O)c5)nc(N5CCC(C(=O)NCC(=O)Nc6ccc7c(c6)C(=O)N[C@@H](CCC(=O)O)C(=O)N[C@@H](CCCCN)C(=O)Nc6cc(C(N)=O)ccc6CN7)CC5)n4)CC3)ccc2NCc2ccc(C(N)=O)cc2NC1=O. The van der Waals surface area contributed by atoms with E-state index in [1.807, 2.05) is 9.80 Å². The molecular formula is C89H98N22O20. The maximum atomic E-state index is 14.4. The van der Waals surface area contributed by atoms with Crippen LogP contribution < -0.4 is 107 Å². The molecule has 42 heteroatoms. The lowest BCUT2D eigenvalue weighted by atomic mass is 9.90. The topological polar surface area (TPSA) is 656 Å². The number of unbranched alkanes of at least 4 members (excludes halogenated alkanes) is 2.